The molecule has 4 heteroatoms. The highest BCUT2D eigenvalue weighted by Gasteiger charge is 2.45. The number of alkyl halides is 1. The number of halogens is 1. The molecular formula is C14H20FNO2. The molecule has 0 aromatic heterocycles. The fourth-order valence-electron chi connectivity index (χ4n) is 1.81. The largest absolute Gasteiger partial charge is 0.463 e. The highest BCUT2D eigenvalue weighted by atomic mass is 19.1. The molecule has 0 radical (unpaired) electrons. The predicted molar refractivity (Wildman–Crippen MR) is 68.6 cm³/mol. The van der Waals surface area contributed by atoms with Crippen LogP contribution >= 0.6 is 0 Å². The Balaban J connectivity index is 3.14. The molecule has 1 unspecified atom stereocenters. The van der Waals surface area contributed by atoms with E-state index in [2.05, 4.69) is 0 Å². The molecule has 1 rings (SSSR count). The lowest BCUT2D eigenvalue weighted by atomic mass is 9.85. The van der Waals surface area contributed by atoms with Crippen LogP contribution in [0.4, 0.5) is 4.39 Å². The number of hydrogen-bond acceptors (Lipinski definition) is 3. The van der Waals surface area contributed by atoms with Gasteiger partial charge in [0.25, 0.3) is 0 Å². The van der Waals surface area contributed by atoms with Crippen molar-refractivity contribution in [3.63, 3.8) is 0 Å². The summed E-state index contributed by atoms with van der Waals surface area (Å²) in [5.74, 6) is -1.33. The molecule has 3 nitrogen and oxygen atoms in total. The molecule has 18 heavy (non-hydrogen) atoms. The van der Waals surface area contributed by atoms with E-state index in [9.17, 15) is 9.18 Å². The van der Waals surface area contributed by atoms with E-state index >= 15 is 0 Å². The maximum atomic E-state index is 15.0. The molecule has 1 aromatic carbocycles. The fourth-order valence-corrected chi connectivity index (χ4v) is 1.81. The minimum atomic E-state index is -2.11. The average molecular weight is 253 g/mol. The maximum Gasteiger partial charge on any atom is 0.348 e. The number of carbonyl (C=O) groups is 1. The Bertz CT molecular complexity index is 403. The Hall–Kier alpha value is -1.42. The summed E-state index contributed by atoms with van der Waals surface area (Å²) in [4.78, 5) is 11.8. The summed E-state index contributed by atoms with van der Waals surface area (Å²) in [5.41, 5.74) is 4.59. The highest BCUT2D eigenvalue weighted by molar-refractivity contribution is 5.81. The van der Waals surface area contributed by atoms with Gasteiger partial charge in [-0.2, -0.15) is 0 Å². The van der Waals surface area contributed by atoms with Gasteiger partial charge in [0.15, 0.2) is 0 Å². The van der Waals surface area contributed by atoms with E-state index in [1.165, 1.54) is 0 Å². The smallest absolute Gasteiger partial charge is 0.348 e. The fraction of sp³-hybridized carbons (Fsp3) is 0.500. The van der Waals surface area contributed by atoms with Crippen LogP contribution in [0.3, 0.4) is 0 Å². The lowest BCUT2D eigenvalue weighted by Gasteiger charge is -2.27. The van der Waals surface area contributed by atoms with Gasteiger partial charge < -0.3 is 10.5 Å². The summed E-state index contributed by atoms with van der Waals surface area (Å²) in [7, 11) is 0. The van der Waals surface area contributed by atoms with Crippen molar-refractivity contribution < 1.29 is 13.9 Å². The second kappa shape index (κ2) is 5.96. The van der Waals surface area contributed by atoms with E-state index in [0.29, 0.717) is 12.1 Å². The van der Waals surface area contributed by atoms with Crippen molar-refractivity contribution in [3.05, 3.63) is 35.4 Å². The zero-order valence-corrected chi connectivity index (χ0v) is 11.1. The minimum absolute atomic E-state index is 0.165. The molecule has 2 N–H and O–H groups in total. The lowest BCUT2D eigenvalue weighted by Crippen LogP contribution is -2.38. The van der Waals surface area contributed by atoms with Gasteiger partial charge in [0.05, 0.1) is 6.61 Å². The molecule has 0 aliphatic rings. The van der Waals surface area contributed by atoms with Crippen LogP contribution in [0, 0.1) is 5.92 Å². The van der Waals surface area contributed by atoms with Gasteiger partial charge in [0, 0.05) is 18.0 Å². The van der Waals surface area contributed by atoms with E-state index in [-0.39, 0.29) is 6.61 Å². The summed E-state index contributed by atoms with van der Waals surface area (Å²) in [6.07, 6.45) is 0. The van der Waals surface area contributed by atoms with E-state index in [0.717, 1.165) is 5.56 Å². The van der Waals surface area contributed by atoms with Crippen LogP contribution in [0.1, 0.15) is 31.9 Å². The molecule has 0 saturated heterocycles. The summed E-state index contributed by atoms with van der Waals surface area (Å²) >= 11 is 0. The maximum absolute atomic E-state index is 15.0. The molecule has 1 aromatic rings. The third-order valence-corrected chi connectivity index (χ3v) is 2.98. The topological polar surface area (TPSA) is 52.3 Å². The summed E-state index contributed by atoms with van der Waals surface area (Å²) in [6, 6.07) is 6.65. The second-order valence-electron chi connectivity index (χ2n) is 4.49. The Morgan fingerprint density at radius 3 is 2.33 bits per heavy atom. The first kappa shape index (κ1) is 14.6. The zero-order chi connectivity index (χ0) is 13.8. The predicted octanol–water partition coefficient (Wildman–Crippen LogP) is 2.53. The van der Waals surface area contributed by atoms with Crippen LogP contribution in [-0.2, 0) is 21.7 Å². The molecule has 0 aliphatic carbocycles. The van der Waals surface area contributed by atoms with Gasteiger partial charge in [-0.05, 0) is 12.5 Å². The van der Waals surface area contributed by atoms with Gasteiger partial charge in [-0.1, -0.05) is 38.1 Å². The summed E-state index contributed by atoms with van der Waals surface area (Å²) in [5, 5.41) is 0. The Morgan fingerprint density at radius 2 is 1.94 bits per heavy atom. The SMILES string of the molecule is CCOC(=O)C(F)(c1ccc(CN)cc1)C(C)C. The van der Waals surface area contributed by atoms with Gasteiger partial charge in [0.2, 0.25) is 5.67 Å². The molecule has 0 spiro atoms. The van der Waals surface area contributed by atoms with Crippen LogP contribution in [-0.4, -0.2) is 12.6 Å². The second-order valence-corrected chi connectivity index (χ2v) is 4.49. The summed E-state index contributed by atoms with van der Waals surface area (Å²) < 4.78 is 19.8. The van der Waals surface area contributed by atoms with Gasteiger partial charge in [-0.3, -0.25) is 0 Å². The normalized spacial score (nSPS) is 14.3. The van der Waals surface area contributed by atoms with Crippen molar-refractivity contribution in [2.24, 2.45) is 11.7 Å². The Kier molecular flexibility index (Phi) is 4.84. The number of ether oxygens (including phenoxy) is 1. The van der Waals surface area contributed by atoms with Crippen molar-refractivity contribution in [2.45, 2.75) is 33.0 Å². The van der Waals surface area contributed by atoms with E-state index in [1.807, 2.05) is 0 Å². The minimum Gasteiger partial charge on any atom is -0.463 e. The van der Waals surface area contributed by atoms with E-state index < -0.39 is 17.6 Å². The first-order valence-electron chi connectivity index (χ1n) is 6.12. The third-order valence-electron chi connectivity index (χ3n) is 2.98. The zero-order valence-electron chi connectivity index (χ0n) is 11.1. The van der Waals surface area contributed by atoms with Crippen LogP contribution in [0.2, 0.25) is 0 Å². The van der Waals surface area contributed by atoms with Crippen LogP contribution in [0.15, 0.2) is 24.3 Å². The van der Waals surface area contributed by atoms with Crippen molar-refractivity contribution in [1.29, 1.82) is 0 Å². The van der Waals surface area contributed by atoms with Crippen LogP contribution in [0.25, 0.3) is 0 Å². The van der Waals surface area contributed by atoms with E-state index in [1.54, 1.807) is 45.0 Å². The standard InChI is InChI=1S/C14H20FNO2/c1-4-18-13(17)14(15,10(2)3)12-7-5-11(9-16)6-8-12/h5-8,10H,4,9,16H2,1-3H3. The first-order valence-corrected chi connectivity index (χ1v) is 6.12. The number of esters is 1. The van der Waals surface area contributed by atoms with E-state index in [4.69, 9.17) is 10.5 Å². The van der Waals surface area contributed by atoms with Crippen molar-refractivity contribution in [2.75, 3.05) is 6.61 Å². The summed E-state index contributed by atoms with van der Waals surface area (Å²) in [6.45, 7) is 5.54. The van der Waals surface area contributed by atoms with Crippen LogP contribution < -0.4 is 5.73 Å². The average Bonchev–Trinajstić information content (AvgIpc) is 2.37. The molecule has 0 heterocycles. The molecule has 0 saturated carbocycles. The molecule has 0 amide bonds. The lowest BCUT2D eigenvalue weighted by molar-refractivity contribution is -0.161. The van der Waals surface area contributed by atoms with Crippen molar-refractivity contribution in [1.82, 2.24) is 0 Å². The highest BCUT2D eigenvalue weighted by Crippen LogP contribution is 2.35. The monoisotopic (exact) mass is 253 g/mol. The molecule has 0 bridgehead atoms. The Labute approximate surface area is 107 Å². The molecule has 1 atom stereocenters. The van der Waals surface area contributed by atoms with Gasteiger partial charge in [-0.15, -0.1) is 0 Å². The molecule has 0 fully saturated rings. The number of hydrogen-bond donors (Lipinski definition) is 1. The first-order chi connectivity index (χ1) is 8.46. The molecular weight excluding hydrogens is 233 g/mol. The van der Waals surface area contributed by atoms with Crippen molar-refractivity contribution in [3.8, 4) is 0 Å². The Morgan fingerprint density at radius 1 is 1.39 bits per heavy atom. The quantitative estimate of drug-likeness (QED) is 0.820. The number of benzene rings is 1. The van der Waals surface area contributed by atoms with Gasteiger partial charge in [-0.25, -0.2) is 9.18 Å². The van der Waals surface area contributed by atoms with Gasteiger partial charge >= 0.3 is 5.97 Å². The van der Waals surface area contributed by atoms with Gasteiger partial charge in [0.1, 0.15) is 0 Å². The third kappa shape index (κ3) is 2.70. The number of nitrogens with two attached hydrogens (primary N) is 1. The molecule has 100 valence electrons. The van der Waals surface area contributed by atoms with Crippen LogP contribution in [0.5, 0.6) is 0 Å². The molecule has 0 aliphatic heterocycles. The number of rotatable bonds is 5. The number of carbonyl (C=O) groups excluding carboxylic acids is 1. The van der Waals surface area contributed by atoms with Crippen molar-refractivity contribution >= 4 is 5.97 Å².